The second kappa shape index (κ2) is 14.3. The van der Waals surface area contributed by atoms with Crippen molar-refractivity contribution in [2.24, 2.45) is 5.92 Å². The van der Waals surface area contributed by atoms with Crippen molar-refractivity contribution in [3.8, 4) is 0 Å². The van der Waals surface area contributed by atoms with Crippen LogP contribution in [-0.4, -0.2) is 67.1 Å². The average molecular weight is 566 g/mol. The maximum absolute atomic E-state index is 10.6. The Bertz CT molecular complexity index is 1130. The first kappa shape index (κ1) is 31.3. The molecule has 2 N–H and O–H groups in total. The van der Waals surface area contributed by atoms with Gasteiger partial charge in [0.15, 0.2) is 0 Å². The van der Waals surface area contributed by atoms with Crippen LogP contribution < -0.4 is 0 Å². The van der Waals surface area contributed by atoms with Crippen molar-refractivity contribution >= 4 is 11.9 Å². The number of carboxylic acids is 2. The molecule has 0 fully saturated rings. The number of nitrogens with zero attached hydrogens (tertiary/aromatic N) is 4. The molecule has 0 spiro atoms. The number of halogens is 6. The summed E-state index contributed by atoms with van der Waals surface area (Å²) in [7, 11) is 0. The highest BCUT2D eigenvalue weighted by molar-refractivity contribution is 5.73. The summed E-state index contributed by atoms with van der Waals surface area (Å²) < 4.78 is 77.2. The number of carboxylic acid groups (broad SMARTS) is 2. The van der Waals surface area contributed by atoms with E-state index in [1.807, 2.05) is 43.0 Å². The predicted molar refractivity (Wildman–Crippen MR) is 120 cm³/mol. The highest BCUT2D eigenvalue weighted by Crippen LogP contribution is 2.19. The molecule has 39 heavy (non-hydrogen) atoms. The molecule has 1 aliphatic heterocycles. The topological polar surface area (TPSA) is 131 Å². The Hall–Kier alpha value is -3.92. The lowest BCUT2D eigenvalue weighted by Crippen LogP contribution is -2.29. The predicted octanol–water partition coefficient (Wildman–Crippen LogP) is 3.99. The standard InChI is InChI=1S/C19H22N4O2.2C2HF3O2/c1-3-16(7-20-5-1)13-24-14-17-9-22(12-19-4-2-6-25-19)11-18-8-21-15-23(18)10-17;2*3-2(4,5)1(6)7/h1-8,15,17H,9-14H2;2*(H,6,7). The minimum Gasteiger partial charge on any atom is -0.475 e. The number of hydrogen-bond acceptors (Lipinski definition) is 7. The third-order valence-corrected chi connectivity index (χ3v) is 4.95. The number of carbonyl (C=O) groups is 2. The SMILES string of the molecule is O=C(O)C(F)(F)F.O=C(O)C(F)(F)F.c1cncc(COCC2CN(Cc3ccco3)Cc3cncn3C2)c1. The third kappa shape index (κ3) is 11.6. The van der Waals surface area contributed by atoms with Gasteiger partial charge in [0.1, 0.15) is 5.76 Å². The van der Waals surface area contributed by atoms with E-state index >= 15 is 0 Å². The van der Waals surface area contributed by atoms with Crippen LogP contribution in [0, 0.1) is 5.92 Å². The van der Waals surface area contributed by atoms with Crippen LogP contribution in [0.5, 0.6) is 0 Å². The molecular formula is C23H24F6N4O6. The Kier molecular flexibility index (Phi) is 11.5. The summed E-state index contributed by atoms with van der Waals surface area (Å²) >= 11 is 0. The van der Waals surface area contributed by atoms with E-state index in [1.54, 1.807) is 12.5 Å². The number of alkyl halides is 6. The van der Waals surface area contributed by atoms with Gasteiger partial charge in [0.25, 0.3) is 0 Å². The van der Waals surface area contributed by atoms with Gasteiger partial charge < -0.3 is 23.9 Å². The summed E-state index contributed by atoms with van der Waals surface area (Å²) in [6.07, 6.45) is -0.939. The number of pyridine rings is 1. The number of rotatable bonds is 6. The minimum atomic E-state index is -5.08. The highest BCUT2D eigenvalue weighted by atomic mass is 19.4. The quantitative estimate of drug-likeness (QED) is 0.426. The summed E-state index contributed by atoms with van der Waals surface area (Å²) in [5.74, 6) is -4.12. The Morgan fingerprint density at radius 2 is 1.67 bits per heavy atom. The molecule has 0 saturated carbocycles. The van der Waals surface area contributed by atoms with E-state index in [1.165, 1.54) is 5.69 Å². The molecule has 3 aromatic rings. The molecule has 0 bridgehead atoms. The number of fused-ring (bicyclic) bond motifs is 1. The fourth-order valence-electron chi connectivity index (χ4n) is 3.31. The second-order valence-corrected chi connectivity index (χ2v) is 8.13. The first-order chi connectivity index (χ1) is 18.3. The smallest absolute Gasteiger partial charge is 0.475 e. The van der Waals surface area contributed by atoms with Gasteiger partial charge in [0, 0.05) is 44.1 Å². The maximum atomic E-state index is 10.6. The highest BCUT2D eigenvalue weighted by Gasteiger charge is 2.38. The van der Waals surface area contributed by atoms with E-state index in [9.17, 15) is 26.3 Å². The number of hydrogen-bond donors (Lipinski definition) is 2. The third-order valence-electron chi connectivity index (χ3n) is 4.95. The van der Waals surface area contributed by atoms with E-state index < -0.39 is 24.3 Å². The van der Waals surface area contributed by atoms with Crippen LogP contribution in [0.2, 0.25) is 0 Å². The van der Waals surface area contributed by atoms with Gasteiger partial charge in [-0.2, -0.15) is 26.3 Å². The number of aromatic nitrogens is 3. The fourth-order valence-corrected chi connectivity index (χ4v) is 3.31. The molecule has 0 saturated heterocycles. The summed E-state index contributed by atoms with van der Waals surface area (Å²) in [4.78, 5) is 28.6. The van der Waals surface area contributed by atoms with Crippen molar-refractivity contribution in [2.75, 3.05) is 13.2 Å². The Balaban J connectivity index is 0.000000317. The zero-order valence-corrected chi connectivity index (χ0v) is 20.1. The molecule has 1 aliphatic rings. The second-order valence-electron chi connectivity index (χ2n) is 8.13. The molecule has 4 heterocycles. The number of furan rings is 1. The normalized spacial score (nSPS) is 15.6. The van der Waals surface area contributed by atoms with Crippen LogP contribution in [0.4, 0.5) is 26.3 Å². The molecule has 0 aromatic carbocycles. The first-order valence-electron chi connectivity index (χ1n) is 11.1. The summed E-state index contributed by atoms with van der Waals surface area (Å²) in [5, 5.41) is 14.2. The zero-order chi connectivity index (χ0) is 29.1. The van der Waals surface area contributed by atoms with Gasteiger partial charge in [-0.25, -0.2) is 14.6 Å². The van der Waals surface area contributed by atoms with Crippen molar-refractivity contribution in [2.45, 2.75) is 38.6 Å². The minimum absolute atomic E-state index is 0.405. The Morgan fingerprint density at radius 3 is 2.21 bits per heavy atom. The molecule has 0 radical (unpaired) electrons. The lowest BCUT2D eigenvalue weighted by Gasteiger charge is -2.23. The molecule has 0 aliphatic carbocycles. The molecule has 4 rings (SSSR count). The zero-order valence-electron chi connectivity index (χ0n) is 20.1. The molecule has 214 valence electrons. The maximum Gasteiger partial charge on any atom is 0.490 e. The average Bonchev–Trinajstić information content (AvgIpc) is 3.48. The Labute approximate surface area is 217 Å². The van der Waals surface area contributed by atoms with Crippen molar-refractivity contribution in [3.63, 3.8) is 0 Å². The van der Waals surface area contributed by atoms with Gasteiger partial charge in [0.05, 0.1) is 38.0 Å². The van der Waals surface area contributed by atoms with Crippen LogP contribution in [0.1, 0.15) is 17.0 Å². The molecule has 16 heteroatoms. The van der Waals surface area contributed by atoms with Crippen molar-refractivity contribution in [1.29, 1.82) is 0 Å². The van der Waals surface area contributed by atoms with Gasteiger partial charge in [-0.3, -0.25) is 9.88 Å². The molecular weight excluding hydrogens is 542 g/mol. The van der Waals surface area contributed by atoms with E-state index in [2.05, 4.69) is 19.4 Å². The van der Waals surface area contributed by atoms with Gasteiger partial charge >= 0.3 is 24.3 Å². The molecule has 10 nitrogen and oxygen atoms in total. The van der Waals surface area contributed by atoms with E-state index in [-0.39, 0.29) is 0 Å². The molecule has 3 aromatic heterocycles. The van der Waals surface area contributed by atoms with Crippen LogP contribution >= 0.6 is 0 Å². The summed E-state index contributed by atoms with van der Waals surface area (Å²) in [5.41, 5.74) is 2.34. The largest absolute Gasteiger partial charge is 0.490 e. The van der Waals surface area contributed by atoms with Crippen LogP contribution in [0.3, 0.4) is 0 Å². The van der Waals surface area contributed by atoms with Gasteiger partial charge in [0.2, 0.25) is 0 Å². The van der Waals surface area contributed by atoms with Crippen LogP contribution in [0.25, 0.3) is 0 Å². The molecule has 1 atom stereocenters. The summed E-state index contributed by atoms with van der Waals surface area (Å²) in [6.45, 7) is 4.88. The van der Waals surface area contributed by atoms with E-state index in [0.29, 0.717) is 19.1 Å². The first-order valence-corrected chi connectivity index (χ1v) is 11.1. The molecule has 0 amide bonds. The Morgan fingerprint density at radius 1 is 1.00 bits per heavy atom. The van der Waals surface area contributed by atoms with Crippen LogP contribution in [0.15, 0.2) is 59.9 Å². The van der Waals surface area contributed by atoms with Gasteiger partial charge in [-0.05, 0) is 23.8 Å². The van der Waals surface area contributed by atoms with Crippen molar-refractivity contribution in [1.82, 2.24) is 19.4 Å². The molecule has 1 unspecified atom stereocenters. The number of aliphatic carboxylic acids is 2. The lowest BCUT2D eigenvalue weighted by atomic mass is 10.1. The number of imidazole rings is 1. The van der Waals surface area contributed by atoms with Crippen molar-refractivity contribution < 1.29 is 55.3 Å². The monoisotopic (exact) mass is 566 g/mol. The van der Waals surface area contributed by atoms with Gasteiger partial charge in [-0.15, -0.1) is 0 Å². The fraction of sp³-hybridized carbons (Fsp3) is 0.391. The van der Waals surface area contributed by atoms with Crippen molar-refractivity contribution in [3.05, 3.63) is 72.5 Å². The van der Waals surface area contributed by atoms with E-state index in [0.717, 1.165) is 37.5 Å². The van der Waals surface area contributed by atoms with E-state index in [4.69, 9.17) is 29.0 Å². The van der Waals surface area contributed by atoms with Gasteiger partial charge in [-0.1, -0.05) is 6.07 Å². The van der Waals surface area contributed by atoms with Crippen LogP contribution in [-0.2, 0) is 40.6 Å². The summed E-state index contributed by atoms with van der Waals surface area (Å²) in [6, 6.07) is 7.94. The lowest BCUT2D eigenvalue weighted by molar-refractivity contribution is -0.193. The number of ether oxygens (including phenoxy) is 1.